The summed E-state index contributed by atoms with van der Waals surface area (Å²) in [6.07, 6.45) is 0.477. The maximum absolute atomic E-state index is 11.6. The topological polar surface area (TPSA) is 52.6 Å². The van der Waals surface area contributed by atoms with Crippen LogP contribution in [-0.4, -0.2) is 48.7 Å². The van der Waals surface area contributed by atoms with Gasteiger partial charge in [-0.1, -0.05) is 20.8 Å². The van der Waals surface area contributed by atoms with Crippen LogP contribution in [0.2, 0.25) is 0 Å². The third kappa shape index (κ3) is 8.68. The van der Waals surface area contributed by atoms with Crippen molar-refractivity contribution in [1.29, 1.82) is 0 Å². The Kier molecular flexibility index (Phi) is 5.42. The minimum Gasteiger partial charge on any atom is -0.387 e. The average Bonchev–Trinajstić information content (AvgIpc) is 1.95. The number of rotatable bonds is 5. The van der Waals surface area contributed by atoms with Crippen LogP contribution in [-0.2, 0) is 4.79 Å². The summed E-state index contributed by atoms with van der Waals surface area (Å²) in [6, 6.07) is 0. The average molecular weight is 230 g/mol. The molecule has 0 aliphatic heterocycles. The van der Waals surface area contributed by atoms with Crippen LogP contribution in [0.25, 0.3) is 0 Å². The Balaban J connectivity index is 4.00. The van der Waals surface area contributed by atoms with Crippen molar-refractivity contribution in [2.75, 3.05) is 27.2 Å². The third-order valence-corrected chi connectivity index (χ3v) is 2.01. The molecular weight excluding hydrogens is 204 g/mol. The lowest BCUT2D eigenvalue weighted by atomic mass is 9.92. The van der Waals surface area contributed by atoms with Crippen molar-refractivity contribution in [2.45, 2.75) is 39.7 Å². The fourth-order valence-corrected chi connectivity index (χ4v) is 1.57. The molecule has 16 heavy (non-hydrogen) atoms. The van der Waals surface area contributed by atoms with E-state index in [1.165, 1.54) is 0 Å². The first-order chi connectivity index (χ1) is 7.02. The molecule has 1 unspecified atom stereocenters. The molecule has 4 nitrogen and oxygen atoms in total. The van der Waals surface area contributed by atoms with Crippen LogP contribution in [0.15, 0.2) is 0 Å². The number of nitrogens with zero attached hydrogens (tertiary/aromatic N) is 1. The van der Waals surface area contributed by atoms with Gasteiger partial charge in [-0.15, -0.1) is 0 Å². The first kappa shape index (κ1) is 15.4. The van der Waals surface area contributed by atoms with Crippen LogP contribution < -0.4 is 5.32 Å². The summed E-state index contributed by atoms with van der Waals surface area (Å²) in [5.74, 6) is -0.00784. The largest absolute Gasteiger partial charge is 0.387 e. The van der Waals surface area contributed by atoms with Crippen molar-refractivity contribution in [1.82, 2.24) is 10.2 Å². The summed E-state index contributed by atoms with van der Waals surface area (Å²) in [7, 11) is 3.79. The Hall–Kier alpha value is -0.610. The second-order valence-corrected chi connectivity index (χ2v) is 6.25. The van der Waals surface area contributed by atoms with Gasteiger partial charge < -0.3 is 15.3 Å². The number of likely N-dealkylation sites (N-methyl/N-ethyl adjacent to an activating group) is 1. The molecule has 0 aromatic heterocycles. The van der Waals surface area contributed by atoms with E-state index in [1.807, 2.05) is 39.8 Å². The highest BCUT2D eigenvalue weighted by molar-refractivity contribution is 5.76. The lowest BCUT2D eigenvalue weighted by molar-refractivity contribution is -0.124. The molecule has 1 atom stereocenters. The molecule has 0 saturated heterocycles. The summed E-state index contributed by atoms with van der Waals surface area (Å²) < 4.78 is 0. The SMILES string of the molecule is CN(C)CC(C)(O)CNC(=O)CC(C)(C)C. The zero-order chi connectivity index (χ0) is 13.0. The maximum atomic E-state index is 11.6. The molecule has 0 aromatic carbocycles. The second kappa shape index (κ2) is 5.64. The van der Waals surface area contributed by atoms with E-state index in [9.17, 15) is 9.90 Å². The van der Waals surface area contributed by atoms with Crippen molar-refractivity contribution in [3.8, 4) is 0 Å². The molecule has 0 saturated carbocycles. The van der Waals surface area contributed by atoms with Crippen molar-refractivity contribution in [3.05, 3.63) is 0 Å². The first-order valence-corrected chi connectivity index (χ1v) is 5.66. The molecule has 96 valence electrons. The third-order valence-electron chi connectivity index (χ3n) is 2.01. The number of carbonyl (C=O) groups is 1. The second-order valence-electron chi connectivity index (χ2n) is 6.25. The molecule has 0 spiro atoms. The predicted molar refractivity (Wildman–Crippen MR) is 66.3 cm³/mol. The molecule has 4 heteroatoms. The Bertz CT molecular complexity index is 230. The van der Waals surface area contributed by atoms with Gasteiger partial charge in [0.25, 0.3) is 0 Å². The van der Waals surface area contributed by atoms with Gasteiger partial charge in [0.15, 0.2) is 0 Å². The highest BCUT2D eigenvalue weighted by Gasteiger charge is 2.23. The quantitative estimate of drug-likeness (QED) is 0.736. The standard InChI is InChI=1S/C12H26N2O2/c1-11(2,3)7-10(15)13-8-12(4,16)9-14(5)6/h16H,7-9H2,1-6H3,(H,13,15). The van der Waals surface area contributed by atoms with Crippen LogP contribution in [0.3, 0.4) is 0 Å². The Labute approximate surface area is 99.0 Å². The maximum Gasteiger partial charge on any atom is 0.220 e. The van der Waals surface area contributed by atoms with Crippen molar-refractivity contribution in [3.63, 3.8) is 0 Å². The molecular formula is C12H26N2O2. The number of hydrogen-bond donors (Lipinski definition) is 2. The fourth-order valence-electron chi connectivity index (χ4n) is 1.57. The van der Waals surface area contributed by atoms with Gasteiger partial charge in [-0.2, -0.15) is 0 Å². The number of carbonyl (C=O) groups excluding carboxylic acids is 1. The molecule has 0 aromatic rings. The van der Waals surface area contributed by atoms with E-state index in [0.717, 1.165) is 0 Å². The summed E-state index contributed by atoms with van der Waals surface area (Å²) in [4.78, 5) is 13.5. The molecule has 0 heterocycles. The van der Waals surface area contributed by atoms with Gasteiger partial charge in [0, 0.05) is 19.5 Å². The van der Waals surface area contributed by atoms with Gasteiger partial charge in [0.2, 0.25) is 5.91 Å². The molecule has 0 bridgehead atoms. The van der Waals surface area contributed by atoms with E-state index in [1.54, 1.807) is 6.92 Å². The number of hydrogen-bond acceptors (Lipinski definition) is 3. The van der Waals surface area contributed by atoms with Crippen LogP contribution >= 0.6 is 0 Å². The lowest BCUT2D eigenvalue weighted by Gasteiger charge is -2.27. The Morgan fingerprint density at radius 1 is 1.25 bits per heavy atom. The monoisotopic (exact) mass is 230 g/mol. The van der Waals surface area contributed by atoms with E-state index in [-0.39, 0.29) is 11.3 Å². The van der Waals surface area contributed by atoms with E-state index in [0.29, 0.717) is 19.5 Å². The molecule has 2 N–H and O–H groups in total. The number of amides is 1. The minimum atomic E-state index is -0.878. The van der Waals surface area contributed by atoms with E-state index >= 15 is 0 Å². The first-order valence-electron chi connectivity index (χ1n) is 5.66. The molecule has 0 fully saturated rings. The van der Waals surface area contributed by atoms with Crippen molar-refractivity contribution < 1.29 is 9.90 Å². The van der Waals surface area contributed by atoms with Gasteiger partial charge >= 0.3 is 0 Å². The van der Waals surface area contributed by atoms with Crippen LogP contribution in [0.4, 0.5) is 0 Å². The summed E-state index contributed by atoms with van der Waals surface area (Å²) in [5, 5.41) is 12.7. The fraction of sp³-hybridized carbons (Fsp3) is 0.917. The zero-order valence-electron chi connectivity index (χ0n) is 11.4. The van der Waals surface area contributed by atoms with Gasteiger partial charge in [-0.05, 0) is 26.4 Å². The van der Waals surface area contributed by atoms with Gasteiger partial charge in [0.1, 0.15) is 0 Å². The van der Waals surface area contributed by atoms with E-state index in [4.69, 9.17) is 0 Å². The molecule has 0 radical (unpaired) electrons. The molecule has 0 aliphatic rings. The normalized spacial score (nSPS) is 16.0. The highest BCUT2D eigenvalue weighted by atomic mass is 16.3. The van der Waals surface area contributed by atoms with Crippen molar-refractivity contribution in [2.24, 2.45) is 5.41 Å². The molecule has 1 amide bonds. The van der Waals surface area contributed by atoms with E-state index in [2.05, 4.69) is 5.32 Å². The van der Waals surface area contributed by atoms with Gasteiger partial charge in [-0.3, -0.25) is 4.79 Å². The van der Waals surface area contributed by atoms with Crippen molar-refractivity contribution >= 4 is 5.91 Å². The van der Waals surface area contributed by atoms with Crippen LogP contribution in [0.5, 0.6) is 0 Å². The minimum absolute atomic E-state index is 0.00784. The van der Waals surface area contributed by atoms with Crippen LogP contribution in [0.1, 0.15) is 34.1 Å². The zero-order valence-corrected chi connectivity index (χ0v) is 11.4. The molecule has 0 aliphatic carbocycles. The lowest BCUT2D eigenvalue weighted by Crippen LogP contribution is -2.47. The number of aliphatic hydroxyl groups is 1. The highest BCUT2D eigenvalue weighted by Crippen LogP contribution is 2.17. The Morgan fingerprint density at radius 3 is 2.12 bits per heavy atom. The molecule has 0 rings (SSSR count). The van der Waals surface area contributed by atoms with Gasteiger partial charge in [-0.25, -0.2) is 0 Å². The van der Waals surface area contributed by atoms with Gasteiger partial charge in [0.05, 0.1) is 5.60 Å². The summed E-state index contributed by atoms with van der Waals surface area (Å²) in [5.41, 5.74) is -0.894. The number of nitrogens with one attached hydrogen (secondary N) is 1. The summed E-state index contributed by atoms with van der Waals surface area (Å²) >= 11 is 0. The predicted octanol–water partition coefficient (Wildman–Crippen LogP) is 0.851. The van der Waals surface area contributed by atoms with Crippen LogP contribution in [0, 0.1) is 5.41 Å². The summed E-state index contributed by atoms with van der Waals surface area (Å²) in [6.45, 7) is 8.60. The smallest absolute Gasteiger partial charge is 0.220 e. The van der Waals surface area contributed by atoms with E-state index < -0.39 is 5.60 Å². The Morgan fingerprint density at radius 2 is 1.75 bits per heavy atom.